The highest BCUT2D eigenvalue weighted by Gasteiger charge is 2.29. The predicted molar refractivity (Wildman–Crippen MR) is 90.9 cm³/mol. The van der Waals surface area contributed by atoms with Crippen LogP contribution in [-0.2, 0) is 0 Å². The van der Waals surface area contributed by atoms with Crippen molar-refractivity contribution in [3.8, 4) is 17.5 Å². The molecule has 23 heavy (non-hydrogen) atoms. The van der Waals surface area contributed by atoms with Crippen LogP contribution in [0.25, 0.3) is 11.4 Å². The number of hydrogen-bond donors (Lipinski definition) is 0. The maximum atomic E-state index is 9.13. The van der Waals surface area contributed by atoms with Crippen LogP contribution in [0.1, 0.15) is 45.6 Å². The van der Waals surface area contributed by atoms with Crippen molar-refractivity contribution < 1.29 is 0 Å². The minimum atomic E-state index is -0.140. The van der Waals surface area contributed by atoms with Gasteiger partial charge in [0.25, 0.3) is 0 Å². The number of pyridine rings is 1. The smallest absolute Gasteiger partial charge is 0.193 e. The van der Waals surface area contributed by atoms with E-state index >= 15 is 0 Å². The molecule has 0 N–H and O–H groups in total. The molecule has 1 fully saturated rings. The van der Waals surface area contributed by atoms with E-state index in [2.05, 4.69) is 32.7 Å². The van der Waals surface area contributed by atoms with Crippen LogP contribution in [0, 0.1) is 17.2 Å². The summed E-state index contributed by atoms with van der Waals surface area (Å²) in [5.74, 6) is 1.46. The van der Waals surface area contributed by atoms with Crippen LogP contribution in [0.5, 0.6) is 0 Å². The van der Waals surface area contributed by atoms with Crippen molar-refractivity contribution in [2.24, 2.45) is 5.92 Å². The molecule has 0 saturated heterocycles. The van der Waals surface area contributed by atoms with E-state index in [0.29, 0.717) is 12.0 Å². The maximum Gasteiger partial charge on any atom is 0.193 e. The lowest BCUT2D eigenvalue weighted by Gasteiger charge is -2.31. The number of nitriles is 1. The molecule has 120 valence electrons. The second kappa shape index (κ2) is 7.14. The van der Waals surface area contributed by atoms with Gasteiger partial charge in [-0.15, -0.1) is 10.2 Å². The Balaban J connectivity index is 2.04. The first kappa shape index (κ1) is 16.0. The van der Waals surface area contributed by atoms with Crippen molar-refractivity contribution >= 4 is 11.8 Å². The Labute approximate surface area is 141 Å². The summed E-state index contributed by atoms with van der Waals surface area (Å²) in [6, 6.07) is 6.60. The monoisotopic (exact) mass is 327 g/mol. The fraction of sp³-hybridized carbons (Fsp3) is 0.529. The second-order valence-corrected chi connectivity index (χ2v) is 7.44. The van der Waals surface area contributed by atoms with Crippen LogP contribution >= 0.6 is 11.8 Å². The Bertz CT molecular complexity index is 691. The van der Waals surface area contributed by atoms with E-state index in [9.17, 15) is 0 Å². The van der Waals surface area contributed by atoms with E-state index in [0.717, 1.165) is 23.0 Å². The molecule has 2 aromatic rings. The summed E-state index contributed by atoms with van der Waals surface area (Å²) in [5.41, 5.74) is 0.981. The van der Waals surface area contributed by atoms with Gasteiger partial charge in [-0.05, 0) is 37.8 Å². The molecule has 0 amide bonds. The van der Waals surface area contributed by atoms with Gasteiger partial charge in [0.15, 0.2) is 11.0 Å². The summed E-state index contributed by atoms with van der Waals surface area (Å²) in [4.78, 5) is 4.21. The molecule has 0 spiro atoms. The van der Waals surface area contributed by atoms with E-state index in [1.54, 1.807) is 6.20 Å². The number of nitrogens with zero attached hydrogens (tertiary/aromatic N) is 5. The normalized spacial score (nSPS) is 22.5. The average Bonchev–Trinajstić information content (AvgIpc) is 2.99. The summed E-state index contributed by atoms with van der Waals surface area (Å²) < 4.78 is 2.25. The minimum absolute atomic E-state index is 0.140. The van der Waals surface area contributed by atoms with Gasteiger partial charge < -0.3 is 0 Å². The fourth-order valence-corrected chi connectivity index (χ4v) is 4.01. The van der Waals surface area contributed by atoms with Gasteiger partial charge in [-0.1, -0.05) is 31.5 Å². The second-order valence-electron chi connectivity index (χ2n) is 6.14. The molecule has 0 bridgehead atoms. The molecule has 2 aromatic heterocycles. The molecule has 3 rings (SSSR count). The first-order chi connectivity index (χ1) is 11.2. The summed E-state index contributed by atoms with van der Waals surface area (Å²) in [6.07, 6.45) is 8.49. The van der Waals surface area contributed by atoms with Crippen molar-refractivity contribution in [2.75, 3.05) is 0 Å². The highest BCUT2D eigenvalue weighted by molar-refractivity contribution is 8.00. The van der Waals surface area contributed by atoms with E-state index in [-0.39, 0.29) is 5.25 Å². The Morgan fingerprint density at radius 2 is 2.17 bits per heavy atom. The Morgan fingerprint density at radius 3 is 2.87 bits per heavy atom. The zero-order valence-electron chi connectivity index (χ0n) is 13.5. The Morgan fingerprint density at radius 1 is 1.35 bits per heavy atom. The lowest BCUT2D eigenvalue weighted by atomic mass is 9.85. The van der Waals surface area contributed by atoms with Gasteiger partial charge in [0, 0.05) is 24.0 Å². The molecule has 1 aliphatic rings. The van der Waals surface area contributed by atoms with Crippen molar-refractivity contribution in [1.29, 1.82) is 5.26 Å². The van der Waals surface area contributed by atoms with Crippen molar-refractivity contribution in [1.82, 2.24) is 19.7 Å². The minimum Gasteiger partial charge on any atom is -0.299 e. The van der Waals surface area contributed by atoms with Gasteiger partial charge in [0.2, 0.25) is 0 Å². The molecular weight excluding hydrogens is 306 g/mol. The van der Waals surface area contributed by atoms with Crippen molar-refractivity contribution in [3.05, 3.63) is 24.5 Å². The molecule has 0 aromatic carbocycles. The van der Waals surface area contributed by atoms with Crippen LogP contribution in [0.4, 0.5) is 0 Å². The van der Waals surface area contributed by atoms with E-state index in [1.807, 2.05) is 25.3 Å². The molecule has 3 atom stereocenters. The van der Waals surface area contributed by atoms with Crippen LogP contribution in [-0.4, -0.2) is 25.0 Å². The van der Waals surface area contributed by atoms with Gasteiger partial charge in [0.1, 0.15) is 0 Å². The lowest BCUT2D eigenvalue weighted by molar-refractivity contribution is 0.247. The molecule has 0 radical (unpaired) electrons. The molecule has 0 unspecified atom stereocenters. The average molecular weight is 327 g/mol. The van der Waals surface area contributed by atoms with Crippen molar-refractivity contribution in [3.63, 3.8) is 0 Å². The van der Waals surface area contributed by atoms with Crippen LogP contribution in [0.15, 0.2) is 29.7 Å². The molecular formula is C17H21N5S. The highest BCUT2D eigenvalue weighted by Crippen LogP contribution is 2.39. The molecule has 2 heterocycles. The topological polar surface area (TPSA) is 67.4 Å². The third-order valence-electron chi connectivity index (χ3n) is 4.45. The number of aromatic nitrogens is 4. The predicted octanol–water partition coefficient (Wildman–Crippen LogP) is 4.10. The molecule has 0 aliphatic heterocycles. The number of rotatable bonds is 4. The maximum absolute atomic E-state index is 9.13. The van der Waals surface area contributed by atoms with Gasteiger partial charge in [0.05, 0.1) is 11.3 Å². The van der Waals surface area contributed by atoms with Gasteiger partial charge in [-0.25, -0.2) is 0 Å². The summed E-state index contributed by atoms with van der Waals surface area (Å²) in [6.45, 7) is 4.21. The first-order valence-corrected chi connectivity index (χ1v) is 9.00. The number of thioether (sulfide) groups is 1. The van der Waals surface area contributed by atoms with E-state index in [4.69, 9.17) is 5.26 Å². The third kappa shape index (κ3) is 3.40. The zero-order chi connectivity index (χ0) is 16.2. The SMILES string of the molecule is C[C@@H](C#N)Sc1nnc(-c2cccnc2)n1[C@@H]1CCCC[C@@H]1C. The van der Waals surface area contributed by atoms with Gasteiger partial charge in [-0.3, -0.25) is 9.55 Å². The fourth-order valence-electron chi connectivity index (χ4n) is 3.21. The zero-order valence-corrected chi connectivity index (χ0v) is 14.3. The molecule has 1 aliphatic carbocycles. The highest BCUT2D eigenvalue weighted by atomic mass is 32.2. The molecule has 6 heteroatoms. The largest absolute Gasteiger partial charge is 0.299 e. The van der Waals surface area contributed by atoms with E-state index in [1.165, 1.54) is 31.0 Å². The summed E-state index contributed by atoms with van der Waals surface area (Å²) in [5, 5.41) is 18.7. The first-order valence-electron chi connectivity index (χ1n) is 8.12. The number of hydrogen-bond acceptors (Lipinski definition) is 5. The van der Waals surface area contributed by atoms with Crippen LogP contribution in [0.2, 0.25) is 0 Å². The molecule has 5 nitrogen and oxygen atoms in total. The van der Waals surface area contributed by atoms with Crippen LogP contribution < -0.4 is 0 Å². The summed E-state index contributed by atoms with van der Waals surface area (Å²) in [7, 11) is 0. The Hall–Kier alpha value is -1.87. The van der Waals surface area contributed by atoms with E-state index < -0.39 is 0 Å². The third-order valence-corrected chi connectivity index (χ3v) is 5.39. The van der Waals surface area contributed by atoms with Gasteiger partial charge in [-0.2, -0.15) is 5.26 Å². The van der Waals surface area contributed by atoms with Crippen molar-refractivity contribution in [2.45, 2.75) is 56.0 Å². The quantitative estimate of drug-likeness (QED) is 0.791. The molecule has 1 saturated carbocycles. The summed E-state index contributed by atoms with van der Waals surface area (Å²) >= 11 is 1.49. The van der Waals surface area contributed by atoms with Crippen LogP contribution in [0.3, 0.4) is 0 Å². The van der Waals surface area contributed by atoms with Gasteiger partial charge >= 0.3 is 0 Å². The standard InChI is InChI=1S/C17H21N5S/c1-12-6-3-4-8-15(12)22-16(14-7-5-9-19-11-14)20-21-17(22)23-13(2)10-18/h5,7,9,11-13,15H,3-4,6,8H2,1-2H3/t12-,13-,15+/m0/s1. The lowest BCUT2D eigenvalue weighted by Crippen LogP contribution is -2.22. The Kier molecular flexibility index (Phi) is 4.97.